The minimum absolute atomic E-state index is 0.0261. The fourth-order valence-corrected chi connectivity index (χ4v) is 8.21. The molecule has 3 aliphatic heterocycles. The molecule has 47 heavy (non-hydrogen) atoms. The van der Waals surface area contributed by atoms with Gasteiger partial charge < -0.3 is 25.2 Å². The number of nitrogens with one attached hydrogen (secondary N) is 1. The van der Waals surface area contributed by atoms with Crippen molar-refractivity contribution in [3.8, 4) is 0 Å². The number of hydrogen-bond donors (Lipinski definition) is 5. The van der Waals surface area contributed by atoms with Crippen molar-refractivity contribution in [2.75, 3.05) is 18.9 Å². The number of nitrogens with zero attached hydrogens (tertiary/aromatic N) is 8. The standard InChI is InChI=1S/C22H23FN10O11P2S/c23-10-14-9(42-20(10)32-6-28-11-16(24)26-5-27-17(11)32)4-39-45(36,37)43-15-13(34)8(3-40-46(38,47)44-14)41-21(15)33-7-29-12-18(35)30-22-25-1-2-31(22)19(12)33/h1-2,5-10,13-15,20-21,34H,3-4H2,(H,36,37)(H,38,47)(H2,24,26,27)(H,25,30,35)/t8-,9-,10-,13-,14-,15-,20-,21-,46?/m1/s1. The number of ether oxygens (including phenoxy) is 2. The molecule has 5 aromatic heterocycles. The van der Waals surface area contributed by atoms with Crippen LogP contribution in [-0.4, -0.2) is 103 Å². The van der Waals surface area contributed by atoms with E-state index in [1.54, 1.807) is 0 Å². The zero-order chi connectivity index (χ0) is 32.8. The zero-order valence-corrected chi connectivity index (χ0v) is 26.0. The number of phosphoric acid groups is 1. The highest BCUT2D eigenvalue weighted by Crippen LogP contribution is 2.58. The maximum Gasteiger partial charge on any atom is 0.472 e. The van der Waals surface area contributed by atoms with Gasteiger partial charge in [-0.25, -0.2) is 38.4 Å². The summed E-state index contributed by atoms with van der Waals surface area (Å²) < 4.78 is 80.0. The van der Waals surface area contributed by atoms with Gasteiger partial charge in [0.25, 0.3) is 5.56 Å². The molecule has 8 rings (SSSR count). The number of nitrogens with two attached hydrogens (primary N) is 1. The molecule has 25 heteroatoms. The van der Waals surface area contributed by atoms with Crippen LogP contribution in [0.25, 0.3) is 28.1 Å². The Labute approximate surface area is 265 Å². The number of aromatic amines is 1. The van der Waals surface area contributed by atoms with Crippen molar-refractivity contribution in [3.05, 3.63) is 41.7 Å². The maximum atomic E-state index is 16.0. The van der Waals surface area contributed by atoms with Gasteiger partial charge in [0.05, 0.1) is 25.9 Å². The number of phosphoric ester groups is 1. The minimum Gasteiger partial charge on any atom is -0.387 e. The molecule has 0 radical (unpaired) electrons. The Morgan fingerprint density at radius 1 is 0.979 bits per heavy atom. The van der Waals surface area contributed by atoms with E-state index in [-0.39, 0.29) is 33.9 Å². The van der Waals surface area contributed by atoms with Crippen LogP contribution in [0.15, 0.2) is 36.2 Å². The topological polar surface area (TPSA) is 268 Å². The van der Waals surface area contributed by atoms with Crippen LogP contribution in [0.1, 0.15) is 12.5 Å². The van der Waals surface area contributed by atoms with E-state index in [4.69, 9.17) is 33.3 Å². The van der Waals surface area contributed by atoms with Gasteiger partial charge in [0.2, 0.25) is 5.78 Å². The van der Waals surface area contributed by atoms with Crippen LogP contribution >= 0.6 is 26.9 Å². The molecule has 0 saturated carbocycles. The van der Waals surface area contributed by atoms with Crippen LogP contribution in [0.2, 0.25) is 0 Å². The largest absolute Gasteiger partial charge is 0.472 e. The summed E-state index contributed by atoms with van der Waals surface area (Å²) >= 11 is 3.99. The Bertz CT molecular complexity index is 2180. The molecule has 3 aliphatic rings. The summed E-state index contributed by atoms with van der Waals surface area (Å²) in [5.41, 5.74) is 5.62. The Morgan fingerprint density at radius 2 is 1.72 bits per heavy atom. The molecule has 2 unspecified atom stereocenters. The predicted octanol–water partition coefficient (Wildman–Crippen LogP) is 0.244. The molecular weight excluding hydrogens is 693 g/mol. The Morgan fingerprint density at radius 3 is 2.55 bits per heavy atom. The van der Waals surface area contributed by atoms with E-state index in [0.29, 0.717) is 0 Å². The molecule has 250 valence electrons. The number of hydrogen-bond acceptors (Lipinski definition) is 16. The van der Waals surface area contributed by atoms with Crippen LogP contribution in [-0.2, 0) is 36.7 Å². The molecule has 0 aromatic carbocycles. The Hall–Kier alpha value is -3.34. The van der Waals surface area contributed by atoms with E-state index >= 15 is 4.39 Å². The van der Waals surface area contributed by atoms with E-state index in [1.807, 2.05) is 0 Å². The fraction of sp³-hybridized carbons (Fsp3) is 0.455. The molecule has 21 nitrogen and oxygen atoms in total. The Balaban J connectivity index is 1.13. The van der Waals surface area contributed by atoms with Crippen molar-refractivity contribution in [1.29, 1.82) is 0 Å². The van der Waals surface area contributed by atoms with Gasteiger partial charge in [-0.2, -0.15) is 0 Å². The maximum absolute atomic E-state index is 16.0. The SMILES string of the molecule is Nc1ncnc2c1ncn2[C@@H]1O[C@@H]2COP(=O)(O)O[C@@H]3[C@H](O)[C@@H](COP(=O)(S)O[C@H]2[C@H]1F)O[C@H]3n1cnc2c(=O)[nH]c3nccn3c21. The summed E-state index contributed by atoms with van der Waals surface area (Å²) in [6.07, 6.45) is -6.46. The molecule has 5 N–H and O–H groups in total. The first kappa shape index (κ1) is 31.0. The summed E-state index contributed by atoms with van der Waals surface area (Å²) in [5.74, 6) is 0.181. The minimum atomic E-state index is -5.11. The summed E-state index contributed by atoms with van der Waals surface area (Å²) in [7, 11) is -5.11. The van der Waals surface area contributed by atoms with Gasteiger partial charge in [0, 0.05) is 12.4 Å². The normalized spacial score (nSPS) is 36.8. The third kappa shape index (κ3) is 5.18. The van der Waals surface area contributed by atoms with Crippen LogP contribution in [0.3, 0.4) is 0 Å². The number of thiol groups is 1. The number of nitrogen functional groups attached to an aromatic ring is 1. The van der Waals surface area contributed by atoms with Crippen molar-refractivity contribution in [2.45, 2.75) is 49.1 Å². The van der Waals surface area contributed by atoms with Crippen molar-refractivity contribution in [2.24, 2.45) is 0 Å². The number of aromatic nitrogens is 9. The van der Waals surface area contributed by atoms with Gasteiger partial charge in [-0.1, -0.05) is 12.2 Å². The van der Waals surface area contributed by atoms with Crippen LogP contribution in [0.5, 0.6) is 0 Å². The highest BCUT2D eigenvalue weighted by molar-refractivity contribution is 8.44. The van der Waals surface area contributed by atoms with Gasteiger partial charge in [-0.15, -0.1) is 0 Å². The quantitative estimate of drug-likeness (QED) is 0.121. The van der Waals surface area contributed by atoms with Gasteiger partial charge in [-0.3, -0.25) is 41.4 Å². The molecule has 10 atom stereocenters. The number of rotatable bonds is 2. The van der Waals surface area contributed by atoms with E-state index in [1.165, 1.54) is 38.6 Å². The van der Waals surface area contributed by atoms with E-state index in [0.717, 1.165) is 6.33 Å². The second kappa shape index (κ2) is 11.1. The molecule has 0 amide bonds. The average Bonchev–Trinajstić information content (AvgIpc) is 3.84. The predicted molar refractivity (Wildman–Crippen MR) is 156 cm³/mol. The highest BCUT2D eigenvalue weighted by Gasteiger charge is 2.54. The molecule has 5 aromatic rings. The Kier molecular flexibility index (Phi) is 7.31. The lowest BCUT2D eigenvalue weighted by Crippen LogP contribution is -2.35. The van der Waals surface area contributed by atoms with Crippen LogP contribution in [0, 0.1) is 0 Å². The molecule has 2 bridgehead atoms. The monoisotopic (exact) mass is 716 g/mol. The summed E-state index contributed by atoms with van der Waals surface area (Å²) in [5, 5.41) is 11.2. The summed E-state index contributed by atoms with van der Waals surface area (Å²) in [6, 6.07) is 0. The molecule has 3 fully saturated rings. The van der Waals surface area contributed by atoms with Crippen LogP contribution < -0.4 is 11.3 Å². The number of aliphatic hydroxyl groups excluding tert-OH is 1. The van der Waals surface area contributed by atoms with Crippen molar-refractivity contribution < 1.29 is 51.1 Å². The van der Waals surface area contributed by atoms with Crippen molar-refractivity contribution in [3.63, 3.8) is 0 Å². The lowest BCUT2D eigenvalue weighted by Gasteiger charge is -2.26. The van der Waals surface area contributed by atoms with Gasteiger partial charge in [-0.05, 0) is 0 Å². The lowest BCUT2D eigenvalue weighted by atomic mass is 10.1. The zero-order valence-electron chi connectivity index (χ0n) is 23.4. The summed E-state index contributed by atoms with van der Waals surface area (Å²) in [4.78, 5) is 46.2. The second-order valence-corrected chi connectivity index (χ2v) is 15.0. The first-order chi connectivity index (χ1) is 22.4. The number of aliphatic hydroxyl groups is 1. The van der Waals surface area contributed by atoms with E-state index in [9.17, 15) is 23.9 Å². The molecule has 3 saturated heterocycles. The number of fused-ring (bicyclic) bond motifs is 7. The third-order valence-corrected chi connectivity index (χ3v) is 10.5. The molecule has 0 spiro atoms. The smallest absolute Gasteiger partial charge is 0.387 e. The number of halogens is 1. The molecule has 0 aliphatic carbocycles. The first-order valence-corrected chi connectivity index (χ1v) is 17.9. The number of anilines is 1. The average molecular weight is 716 g/mol. The van der Waals surface area contributed by atoms with Crippen molar-refractivity contribution in [1.82, 2.24) is 43.4 Å². The second-order valence-electron chi connectivity index (χ2n) is 10.7. The fourth-order valence-electron chi connectivity index (χ4n) is 5.80. The van der Waals surface area contributed by atoms with E-state index in [2.05, 4.69) is 42.2 Å². The highest BCUT2D eigenvalue weighted by atomic mass is 32.7. The third-order valence-electron chi connectivity index (χ3n) is 7.91. The van der Waals surface area contributed by atoms with Gasteiger partial charge in [0.15, 0.2) is 41.3 Å². The van der Waals surface area contributed by atoms with Gasteiger partial charge in [0.1, 0.15) is 42.4 Å². The summed E-state index contributed by atoms with van der Waals surface area (Å²) in [6.45, 7) is -5.94. The lowest BCUT2D eigenvalue weighted by molar-refractivity contribution is -0.0629. The van der Waals surface area contributed by atoms with Gasteiger partial charge >= 0.3 is 14.6 Å². The van der Waals surface area contributed by atoms with Crippen LogP contribution in [0.4, 0.5) is 10.2 Å². The van der Waals surface area contributed by atoms with E-state index < -0.39 is 82.5 Å². The number of H-pyrrole nitrogens is 1. The number of imidazole rings is 3. The molecule has 8 heterocycles. The first-order valence-electron chi connectivity index (χ1n) is 13.7. The number of alkyl halides is 1. The van der Waals surface area contributed by atoms with Crippen molar-refractivity contribution >= 4 is 60.8 Å². The molecular formula is C22H23FN10O11P2S.